The Balaban J connectivity index is 1.86. The minimum absolute atomic E-state index is 0.109. The molecular formula is C15H10ClFN2O3. The van der Waals surface area contributed by atoms with Gasteiger partial charge in [-0.2, -0.15) is 4.98 Å². The number of nitrogens with one attached hydrogen (secondary N) is 1. The Labute approximate surface area is 129 Å². The minimum atomic E-state index is -0.933. The summed E-state index contributed by atoms with van der Waals surface area (Å²) in [6, 6.07) is 9.04. The van der Waals surface area contributed by atoms with E-state index in [4.69, 9.17) is 21.1 Å². The van der Waals surface area contributed by atoms with Crippen molar-refractivity contribution in [3.8, 4) is 0 Å². The fourth-order valence-corrected chi connectivity index (χ4v) is 2.26. The maximum absolute atomic E-state index is 13.1. The van der Waals surface area contributed by atoms with E-state index in [1.165, 1.54) is 18.2 Å². The summed E-state index contributed by atoms with van der Waals surface area (Å²) in [5, 5.41) is 12.0. The van der Waals surface area contributed by atoms with Crippen LogP contribution in [0.3, 0.4) is 0 Å². The third kappa shape index (κ3) is 3.01. The van der Waals surface area contributed by atoms with E-state index in [0.717, 1.165) is 0 Å². The van der Waals surface area contributed by atoms with Crippen LogP contribution in [0.4, 0.5) is 16.1 Å². The van der Waals surface area contributed by atoms with Crippen molar-refractivity contribution in [1.82, 2.24) is 4.98 Å². The Bertz CT molecular complexity index is 863. The molecule has 0 spiro atoms. The molecule has 0 aliphatic heterocycles. The van der Waals surface area contributed by atoms with E-state index in [9.17, 15) is 9.18 Å². The quantitative estimate of drug-likeness (QED) is 0.760. The number of nitrogens with zero attached hydrogens (tertiary/aromatic N) is 1. The van der Waals surface area contributed by atoms with Gasteiger partial charge in [-0.1, -0.05) is 17.7 Å². The summed E-state index contributed by atoms with van der Waals surface area (Å²) < 4.78 is 18.5. The summed E-state index contributed by atoms with van der Waals surface area (Å²) in [7, 11) is 0. The highest BCUT2D eigenvalue weighted by molar-refractivity contribution is 6.33. The standard InChI is InChI=1S/C15H10ClFN2O3/c16-10-5-8(6-14(20)21)1-3-11(10)18-15-19-12-7-9(17)2-4-13(12)22-15/h1-5,7H,6H2,(H,18,19)(H,20,21). The van der Waals surface area contributed by atoms with Gasteiger partial charge in [0.05, 0.1) is 17.1 Å². The van der Waals surface area contributed by atoms with Gasteiger partial charge < -0.3 is 14.8 Å². The highest BCUT2D eigenvalue weighted by Crippen LogP contribution is 2.28. The molecule has 0 radical (unpaired) electrons. The van der Waals surface area contributed by atoms with Gasteiger partial charge in [-0.15, -0.1) is 0 Å². The van der Waals surface area contributed by atoms with Crippen LogP contribution >= 0.6 is 11.6 Å². The Morgan fingerprint density at radius 2 is 2.14 bits per heavy atom. The fourth-order valence-electron chi connectivity index (χ4n) is 2.01. The van der Waals surface area contributed by atoms with E-state index in [-0.39, 0.29) is 12.4 Å². The van der Waals surface area contributed by atoms with Crippen molar-refractivity contribution < 1.29 is 18.7 Å². The maximum atomic E-state index is 13.1. The Kier molecular flexibility index (Phi) is 3.68. The average Bonchev–Trinajstić information content (AvgIpc) is 2.82. The number of hydrogen-bond donors (Lipinski definition) is 2. The van der Waals surface area contributed by atoms with E-state index in [2.05, 4.69) is 10.3 Å². The molecule has 0 aliphatic carbocycles. The van der Waals surface area contributed by atoms with E-state index in [1.807, 2.05) is 0 Å². The lowest BCUT2D eigenvalue weighted by Crippen LogP contribution is -2.00. The lowest BCUT2D eigenvalue weighted by molar-refractivity contribution is -0.136. The first-order valence-corrected chi connectivity index (χ1v) is 6.72. The van der Waals surface area contributed by atoms with Gasteiger partial charge in [0, 0.05) is 6.07 Å². The summed E-state index contributed by atoms with van der Waals surface area (Å²) in [5.74, 6) is -1.33. The second-order valence-electron chi connectivity index (χ2n) is 4.64. The van der Waals surface area contributed by atoms with Crippen LogP contribution in [0, 0.1) is 5.82 Å². The SMILES string of the molecule is O=C(O)Cc1ccc(Nc2nc3cc(F)ccc3o2)c(Cl)c1. The first kappa shape index (κ1) is 14.3. The van der Waals surface area contributed by atoms with Gasteiger partial charge in [-0.05, 0) is 29.8 Å². The summed E-state index contributed by atoms with van der Waals surface area (Å²) in [5.41, 5.74) is 1.94. The minimum Gasteiger partial charge on any atom is -0.481 e. The van der Waals surface area contributed by atoms with E-state index >= 15 is 0 Å². The highest BCUT2D eigenvalue weighted by Gasteiger charge is 2.10. The van der Waals surface area contributed by atoms with Crippen LogP contribution in [0.5, 0.6) is 0 Å². The van der Waals surface area contributed by atoms with Crippen LogP contribution in [0.2, 0.25) is 5.02 Å². The molecule has 7 heteroatoms. The van der Waals surface area contributed by atoms with E-state index in [0.29, 0.717) is 27.4 Å². The van der Waals surface area contributed by atoms with Gasteiger partial charge >= 0.3 is 5.97 Å². The van der Waals surface area contributed by atoms with Crippen molar-refractivity contribution in [3.63, 3.8) is 0 Å². The van der Waals surface area contributed by atoms with Crippen LogP contribution in [0.25, 0.3) is 11.1 Å². The zero-order chi connectivity index (χ0) is 15.7. The number of aliphatic carboxylic acids is 1. The van der Waals surface area contributed by atoms with Crippen LogP contribution < -0.4 is 5.32 Å². The second-order valence-corrected chi connectivity index (χ2v) is 5.05. The molecule has 3 aromatic rings. The molecule has 112 valence electrons. The molecule has 5 nitrogen and oxygen atoms in total. The molecule has 0 amide bonds. The molecule has 0 fully saturated rings. The number of oxazole rings is 1. The predicted molar refractivity (Wildman–Crippen MR) is 80.0 cm³/mol. The van der Waals surface area contributed by atoms with Gasteiger partial charge in [0.15, 0.2) is 5.58 Å². The van der Waals surface area contributed by atoms with Crippen molar-refractivity contribution in [2.24, 2.45) is 0 Å². The Morgan fingerprint density at radius 3 is 2.86 bits per heavy atom. The molecule has 22 heavy (non-hydrogen) atoms. The average molecular weight is 321 g/mol. The topological polar surface area (TPSA) is 75.4 Å². The molecule has 0 unspecified atom stereocenters. The number of carboxylic acids is 1. The molecule has 2 aromatic carbocycles. The maximum Gasteiger partial charge on any atom is 0.307 e. The summed E-state index contributed by atoms with van der Waals surface area (Å²) in [6.07, 6.45) is -0.109. The predicted octanol–water partition coefficient (Wildman–Crippen LogP) is 3.99. The van der Waals surface area contributed by atoms with E-state index < -0.39 is 11.8 Å². The number of aromatic nitrogens is 1. The molecule has 0 aliphatic rings. The van der Waals surface area contributed by atoms with Gasteiger partial charge in [-0.3, -0.25) is 4.79 Å². The van der Waals surface area contributed by atoms with Crippen LogP contribution in [-0.4, -0.2) is 16.1 Å². The van der Waals surface area contributed by atoms with Crippen molar-refractivity contribution >= 4 is 40.4 Å². The smallest absolute Gasteiger partial charge is 0.307 e. The van der Waals surface area contributed by atoms with Gasteiger partial charge in [0.2, 0.25) is 0 Å². The Morgan fingerprint density at radius 1 is 1.32 bits per heavy atom. The summed E-state index contributed by atoms with van der Waals surface area (Å²) in [6.45, 7) is 0. The van der Waals surface area contributed by atoms with Gasteiger partial charge in [-0.25, -0.2) is 4.39 Å². The molecule has 0 saturated heterocycles. The van der Waals surface area contributed by atoms with E-state index in [1.54, 1.807) is 18.2 Å². The largest absolute Gasteiger partial charge is 0.481 e. The zero-order valence-electron chi connectivity index (χ0n) is 11.1. The number of halogens is 2. The number of benzene rings is 2. The normalized spacial score (nSPS) is 10.8. The van der Waals surface area contributed by atoms with Crippen LogP contribution in [0.1, 0.15) is 5.56 Å². The first-order chi connectivity index (χ1) is 10.5. The fraction of sp³-hybridized carbons (Fsp3) is 0.0667. The lowest BCUT2D eigenvalue weighted by atomic mass is 10.1. The molecule has 3 rings (SSSR count). The number of fused-ring (bicyclic) bond motifs is 1. The summed E-state index contributed by atoms with van der Waals surface area (Å²) in [4.78, 5) is 14.8. The third-order valence-electron chi connectivity index (χ3n) is 2.98. The van der Waals surface area contributed by atoms with Gasteiger partial charge in [0.25, 0.3) is 6.01 Å². The molecule has 0 atom stereocenters. The third-order valence-corrected chi connectivity index (χ3v) is 3.29. The van der Waals surface area contributed by atoms with Crippen LogP contribution in [0.15, 0.2) is 40.8 Å². The van der Waals surface area contributed by atoms with Crippen molar-refractivity contribution in [2.45, 2.75) is 6.42 Å². The number of rotatable bonds is 4. The Hall–Kier alpha value is -2.60. The number of hydrogen-bond acceptors (Lipinski definition) is 4. The van der Waals surface area contributed by atoms with Crippen molar-refractivity contribution in [1.29, 1.82) is 0 Å². The number of carboxylic acid groups (broad SMARTS) is 1. The second kappa shape index (κ2) is 5.65. The van der Waals surface area contributed by atoms with Crippen molar-refractivity contribution in [2.75, 3.05) is 5.32 Å². The zero-order valence-corrected chi connectivity index (χ0v) is 11.9. The van der Waals surface area contributed by atoms with Crippen LogP contribution in [-0.2, 0) is 11.2 Å². The van der Waals surface area contributed by atoms with Gasteiger partial charge in [0.1, 0.15) is 11.3 Å². The molecule has 0 saturated carbocycles. The number of carbonyl (C=O) groups is 1. The highest BCUT2D eigenvalue weighted by atomic mass is 35.5. The lowest BCUT2D eigenvalue weighted by Gasteiger charge is -2.06. The molecule has 1 aromatic heterocycles. The molecular weight excluding hydrogens is 311 g/mol. The molecule has 0 bridgehead atoms. The number of anilines is 2. The van der Waals surface area contributed by atoms with Crippen molar-refractivity contribution in [3.05, 3.63) is 52.8 Å². The monoisotopic (exact) mass is 320 g/mol. The molecule has 2 N–H and O–H groups in total. The molecule has 1 heterocycles. The first-order valence-electron chi connectivity index (χ1n) is 6.34. The summed E-state index contributed by atoms with van der Waals surface area (Å²) >= 11 is 6.10.